The largest absolute Gasteiger partial charge is 0.488 e. The van der Waals surface area contributed by atoms with Gasteiger partial charge in [0.15, 0.2) is 17.3 Å². The van der Waals surface area contributed by atoms with Crippen molar-refractivity contribution in [2.24, 2.45) is 0 Å². The number of rotatable bonds is 4. The standard InChI is InChI=1S/C24H18F3N5O4/c1-13-8-14(22-28-10-15-9-16(24(25,26)27)3-4-17(15)30-22)2-5-18(13)31-6-7-36-19-11-29-32(12-20(33)34)21(19)23(31)35/h2-5,8-11H,6-7,12H2,1H3,(H,33,34). The van der Waals surface area contributed by atoms with Gasteiger partial charge in [-0.15, -0.1) is 0 Å². The van der Waals surface area contributed by atoms with Crippen LogP contribution < -0.4 is 9.64 Å². The van der Waals surface area contributed by atoms with Gasteiger partial charge in [0.2, 0.25) is 0 Å². The molecule has 5 rings (SSSR count). The van der Waals surface area contributed by atoms with Gasteiger partial charge in [-0.05, 0) is 48.9 Å². The predicted molar refractivity (Wildman–Crippen MR) is 122 cm³/mol. The Labute approximate surface area is 201 Å². The topological polar surface area (TPSA) is 110 Å². The molecule has 1 aliphatic heterocycles. The van der Waals surface area contributed by atoms with E-state index in [4.69, 9.17) is 9.84 Å². The Kier molecular flexibility index (Phi) is 5.58. The Morgan fingerprint density at radius 2 is 1.97 bits per heavy atom. The van der Waals surface area contributed by atoms with Crippen molar-refractivity contribution in [1.82, 2.24) is 19.7 Å². The van der Waals surface area contributed by atoms with Crippen molar-refractivity contribution < 1.29 is 32.6 Å². The minimum absolute atomic E-state index is 0.0504. The molecule has 0 saturated carbocycles. The lowest BCUT2D eigenvalue weighted by Gasteiger charge is -2.23. The summed E-state index contributed by atoms with van der Waals surface area (Å²) in [6.45, 7) is 1.73. The van der Waals surface area contributed by atoms with Gasteiger partial charge in [-0.2, -0.15) is 18.3 Å². The van der Waals surface area contributed by atoms with Crippen LogP contribution in [-0.4, -0.2) is 49.9 Å². The van der Waals surface area contributed by atoms with Crippen molar-refractivity contribution in [2.45, 2.75) is 19.6 Å². The van der Waals surface area contributed by atoms with Crippen LogP contribution in [0.2, 0.25) is 0 Å². The van der Waals surface area contributed by atoms with Gasteiger partial charge in [0, 0.05) is 22.8 Å². The highest BCUT2D eigenvalue weighted by atomic mass is 19.4. The molecular formula is C24H18F3N5O4. The summed E-state index contributed by atoms with van der Waals surface area (Å²) in [5, 5.41) is 13.4. The summed E-state index contributed by atoms with van der Waals surface area (Å²) in [6.07, 6.45) is -1.79. The Balaban J connectivity index is 1.47. The van der Waals surface area contributed by atoms with E-state index in [9.17, 15) is 22.8 Å². The van der Waals surface area contributed by atoms with E-state index in [1.54, 1.807) is 25.1 Å². The number of aromatic nitrogens is 4. The van der Waals surface area contributed by atoms with Gasteiger partial charge in [0.25, 0.3) is 5.91 Å². The molecule has 3 heterocycles. The lowest BCUT2D eigenvalue weighted by atomic mass is 10.1. The molecule has 36 heavy (non-hydrogen) atoms. The second kappa shape index (κ2) is 8.63. The van der Waals surface area contributed by atoms with Crippen LogP contribution in [-0.2, 0) is 17.5 Å². The number of aryl methyl sites for hydroxylation is 1. The van der Waals surface area contributed by atoms with Gasteiger partial charge < -0.3 is 14.7 Å². The SMILES string of the molecule is Cc1cc(-c2ncc3cc(C(F)(F)F)ccc3n2)ccc1N1CCOc2cnn(CC(=O)O)c2C1=O. The average molecular weight is 497 g/mol. The second-order valence-electron chi connectivity index (χ2n) is 8.18. The average Bonchev–Trinajstić information content (AvgIpc) is 3.14. The van der Waals surface area contributed by atoms with E-state index in [2.05, 4.69) is 15.1 Å². The molecule has 2 aromatic heterocycles. The number of aliphatic carboxylic acids is 1. The molecule has 1 N–H and O–H groups in total. The van der Waals surface area contributed by atoms with E-state index in [1.165, 1.54) is 23.4 Å². The Bertz CT molecular complexity index is 1520. The zero-order chi connectivity index (χ0) is 25.6. The number of carboxylic acid groups (broad SMARTS) is 1. The van der Waals surface area contributed by atoms with Gasteiger partial charge in [0.05, 0.1) is 23.8 Å². The van der Waals surface area contributed by atoms with Crippen LogP contribution in [0.5, 0.6) is 5.75 Å². The highest BCUT2D eigenvalue weighted by Gasteiger charge is 2.31. The first-order chi connectivity index (χ1) is 17.1. The highest BCUT2D eigenvalue weighted by Crippen LogP contribution is 2.33. The molecule has 2 aromatic carbocycles. The third-order valence-electron chi connectivity index (χ3n) is 5.76. The molecule has 0 radical (unpaired) electrons. The summed E-state index contributed by atoms with van der Waals surface area (Å²) in [5.74, 6) is -1.05. The molecule has 0 atom stereocenters. The molecule has 1 aliphatic rings. The molecule has 1 amide bonds. The van der Waals surface area contributed by atoms with E-state index >= 15 is 0 Å². The van der Waals surface area contributed by atoms with Crippen molar-refractivity contribution in [2.75, 3.05) is 18.1 Å². The maximum absolute atomic E-state index is 13.3. The number of carboxylic acids is 1. The number of fused-ring (bicyclic) bond motifs is 2. The maximum Gasteiger partial charge on any atom is 0.416 e. The van der Waals surface area contributed by atoms with Gasteiger partial charge in [-0.1, -0.05) is 0 Å². The lowest BCUT2D eigenvalue weighted by Crippen LogP contribution is -2.34. The number of anilines is 1. The number of hydrogen-bond donors (Lipinski definition) is 1. The Hall–Kier alpha value is -4.48. The lowest BCUT2D eigenvalue weighted by molar-refractivity contribution is -0.138. The molecule has 0 fully saturated rings. The summed E-state index contributed by atoms with van der Waals surface area (Å²) in [6, 6.07) is 8.48. The molecule has 0 unspecified atom stereocenters. The van der Waals surface area contributed by atoms with Gasteiger partial charge in [-0.25, -0.2) is 14.6 Å². The molecule has 184 valence electrons. The van der Waals surface area contributed by atoms with Gasteiger partial charge >= 0.3 is 12.1 Å². The maximum atomic E-state index is 13.3. The minimum Gasteiger partial charge on any atom is -0.488 e. The summed E-state index contributed by atoms with van der Waals surface area (Å²) < 4.78 is 45.6. The van der Waals surface area contributed by atoms with E-state index in [1.807, 2.05) is 0 Å². The third kappa shape index (κ3) is 4.21. The number of ether oxygens (including phenoxy) is 1. The molecule has 0 spiro atoms. The smallest absolute Gasteiger partial charge is 0.416 e. The van der Waals surface area contributed by atoms with Crippen molar-refractivity contribution in [1.29, 1.82) is 0 Å². The van der Waals surface area contributed by atoms with Crippen LogP contribution >= 0.6 is 0 Å². The molecule has 0 aliphatic carbocycles. The second-order valence-corrected chi connectivity index (χ2v) is 8.18. The fourth-order valence-corrected chi connectivity index (χ4v) is 4.09. The molecular weight excluding hydrogens is 479 g/mol. The number of benzene rings is 2. The van der Waals surface area contributed by atoms with Crippen molar-refractivity contribution in [3.05, 3.63) is 65.6 Å². The van der Waals surface area contributed by atoms with Crippen molar-refractivity contribution in [3.8, 4) is 17.1 Å². The quantitative estimate of drug-likeness (QED) is 0.455. The molecule has 4 aromatic rings. The number of hydrogen-bond acceptors (Lipinski definition) is 6. The summed E-state index contributed by atoms with van der Waals surface area (Å²) in [7, 11) is 0. The predicted octanol–water partition coefficient (Wildman–Crippen LogP) is 3.94. The van der Waals surface area contributed by atoms with Gasteiger partial charge in [0.1, 0.15) is 13.2 Å². The first-order valence-corrected chi connectivity index (χ1v) is 10.8. The zero-order valence-electron chi connectivity index (χ0n) is 18.8. The third-order valence-corrected chi connectivity index (χ3v) is 5.76. The Morgan fingerprint density at radius 1 is 1.17 bits per heavy atom. The van der Waals surface area contributed by atoms with Crippen molar-refractivity contribution in [3.63, 3.8) is 0 Å². The van der Waals surface area contributed by atoms with E-state index < -0.39 is 30.2 Å². The highest BCUT2D eigenvalue weighted by molar-refractivity contribution is 6.07. The fourth-order valence-electron chi connectivity index (χ4n) is 4.09. The van der Waals surface area contributed by atoms with Crippen LogP contribution in [0.1, 0.15) is 21.6 Å². The van der Waals surface area contributed by atoms with E-state index in [0.29, 0.717) is 28.2 Å². The number of halogens is 3. The molecule has 0 saturated heterocycles. The normalized spacial score (nSPS) is 13.9. The first kappa shape index (κ1) is 23.3. The summed E-state index contributed by atoms with van der Waals surface area (Å²) in [4.78, 5) is 34.6. The van der Waals surface area contributed by atoms with Crippen LogP contribution in [0, 0.1) is 6.92 Å². The number of carbonyl (C=O) groups is 2. The van der Waals surface area contributed by atoms with Crippen LogP contribution in [0.15, 0.2) is 48.8 Å². The zero-order valence-corrected chi connectivity index (χ0v) is 18.8. The molecule has 9 nitrogen and oxygen atoms in total. The number of carbonyl (C=O) groups excluding carboxylic acids is 1. The van der Waals surface area contributed by atoms with Crippen LogP contribution in [0.25, 0.3) is 22.3 Å². The number of amides is 1. The number of alkyl halides is 3. The molecule has 12 heteroatoms. The van der Waals surface area contributed by atoms with Gasteiger partial charge in [-0.3, -0.25) is 9.59 Å². The van der Waals surface area contributed by atoms with E-state index in [0.717, 1.165) is 16.8 Å². The monoisotopic (exact) mass is 497 g/mol. The fraction of sp³-hybridized carbons (Fsp3) is 0.208. The minimum atomic E-state index is -4.46. The Morgan fingerprint density at radius 3 is 2.69 bits per heavy atom. The first-order valence-electron chi connectivity index (χ1n) is 10.8. The number of nitrogens with zero attached hydrogens (tertiary/aromatic N) is 5. The molecule has 0 bridgehead atoms. The van der Waals surface area contributed by atoms with Crippen LogP contribution in [0.3, 0.4) is 0 Å². The van der Waals surface area contributed by atoms with Crippen LogP contribution in [0.4, 0.5) is 18.9 Å². The summed E-state index contributed by atoms with van der Waals surface area (Å²) >= 11 is 0. The van der Waals surface area contributed by atoms with E-state index in [-0.39, 0.29) is 30.0 Å². The van der Waals surface area contributed by atoms with Crippen molar-refractivity contribution >= 4 is 28.5 Å². The summed E-state index contributed by atoms with van der Waals surface area (Å²) in [5.41, 5.74) is 1.56.